The van der Waals surface area contributed by atoms with Crippen molar-refractivity contribution in [2.75, 3.05) is 0 Å². The second-order valence-corrected chi connectivity index (χ2v) is 5.01. The van der Waals surface area contributed by atoms with E-state index in [-0.39, 0.29) is 0 Å². The maximum Gasteiger partial charge on any atom is 0.129 e. The Labute approximate surface area is 90.0 Å². The Morgan fingerprint density at radius 1 is 1.54 bits per heavy atom. The molecule has 0 aromatic heterocycles. The zero-order valence-corrected chi connectivity index (χ0v) is 9.58. The average Bonchev–Trinajstić information content (AvgIpc) is 2.38. The van der Waals surface area contributed by atoms with Crippen LogP contribution in [0.2, 0.25) is 0 Å². The first-order valence-electron chi connectivity index (χ1n) is 3.94. The summed E-state index contributed by atoms with van der Waals surface area (Å²) in [7, 11) is 0. The van der Waals surface area contributed by atoms with Crippen molar-refractivity contribution in [3.05, 3.63) is 34.3 Å². The number of fused-ring (bicyclic) bond motifs is 1. The molecule has 3 heteroatoms. The molecule has 1 N–H and O–H groups in total. The number of hydrogen-bond acceptors (Lipinski definition) is 2. The van der Waals surface area contributed by atoms with Gasteiger partial charge in [-0.05, 0) is 45.6 Å². The van der Waals surface area contributed by atoms with E-state index in [0.717, 1.165) is 20.5 Å². The van der Waals surface area contributed by atoms with Crippen molar-refractivity contribution in [3.63, 3.8) is 0 Å². The summed E-state index contributed by atoms with van der Waals surface area (Å²) in [5.41, 5.74) is 2.62. The fourth-order valence-electron chi connectivity index (χ4n) is 1.48. The summed E-state index contributed by atoms with van der Waals surface area (Å²) in [6.07, 6.45) is 0. The van der Waals surface area contributed by atoms with Gasteiger partial charge in [0.05, 0.1) is 0 Å². The van der Waals surface area contributed by atoms with Gasteiger partial charge in [-0.15, -0.1) is 0 Å². The highest BCUT2D eigenvalue weighted by atomic mass is 79.9. The van der Waals surface area contributed by atoms with E-state index in [1.54, 1.807) is 0 Å². The second kappa shape index (κ2) is 3.15. The fourth-order valence-corrected chi connectivity index (χ4v) is 3.16. The summed E-state index contributed by atoms with van der Waals surface area (Å²) in [5.74, 6) is 0. The maximum atomic E-state index is 9.61. The number of thioether (sulfide) groups is 1. The van der Waals surface area contributed by atoms with E-state index in [0.29, 0.717) is 0 Å². The van der Waals surface area contributed by atoms with Crippen molar-refractivity contribution in [1.29, 1.82) is 0 Å². The lowest BCUT2D eigenvalue weighted by atomic mass is 10.0. The van der Waals surface area contributed by atoms with Crippen LogP contribution in [-0.4, -0.2) is 10.5 Å². The zero-order chi connectivity index (χ0) is 9.59. The quantitative estimate of drug-likeness (QED) is 0.770. The van der Waals surface area contributed by atoms with E-state index in [4.69, 9.17) is 0 Å². The molecule has 1 atom stereocenters. The molecule has 1 heterocycles. The molecular formula is C10H9BrOS. The van der Waals surface area contributed by atoms with Gasteiger partial charge in [0.1, 0.15) is 5.44 Å². The summed E-state index contributed by atoms with van der Waals surface area (Å²) >= 11 is 4.91. The van der Waals surface area contributed by atoms with Gasteiger partial charge in [0, 0.05) is 9.37 Å². The topological polar surface area (TPSA) is 20.2 Å². The summed E-state index contributed by atoms with van der Waals surface area (Å²) < 4.78 is 1.04. The molecule has 13 heavy (non-hydrogen) atoms. The lowest BCUT2D eigenvalue weighted by Gasteiger charge is -2.04. The van der Waals surface area contributed by atoms with E-state index in [1.807, 2.05) is 19.1 Å². The molecule has 0 amide bonds. The van der Waals surface area contributed by atoms with Crippen LogP contribution in [0.3, 0.4) is 0 Å². The van der Waals surface area contributed by atoms with Gasteiger partial charge in [-0.25, -0.2) is 0 Å². The van der Waals surface area contributed by atoms with Crippen LogP contribution in [0.1, 0.15) is 11.1 Å². The monoisotopic (exact) mass is 256 g/mol. The molecule has 1 unspecified atom stereocenters. The molecule has 1 aromatic carbocycles. The van der Waals surface area contributed by atoms with Gasteiger partial charge in [-0.3, -0.25) is 0 Å². The molecular weight excluding hydrogens is 248 g/mol. The number of hydrogen-bond donors (Lipinski definition) is 1. The van der Waals surface area contributed by atoms with Gasteiger partial charge >= 0.3 is 0 Å². The van der Waals surface area contributed by atoms with Gasteiger partial charge in [-0.2, -0.15) is 0 Å². The molecule has 0 saturated carbocycles. The minimum Gasteiger partial charge on any atom is -0.378 e. The average molecular weight is 257 g/mol. The predicted molar refractivity (Wildman–Crippen MR) is 59.8 cm³/mol. The third-order valence-electron chi connectivity index (χ3n) is 2.17. The summed E-state index contributed by atoms with van der Waals surface area (Å²) in [6.45, 7) is 5.92. The normalized spacial score (nSPS) is 20.5. The minimum atomic E-state index is -0.479. The van der Waals surface area contributed by atoms with Gasteiger partial charge in [0.25, 0.3) is 0 Å². The molecule has 1 aliphatic heterocycles. The molecule has 1 aromatic rings. The molecule has 0 radical (unpaired) electrons. The SMILES string of the molecule is C=C1c2c(C)ccc(Br)c2SC1O. The van der Waals surface area contributed by atoms with Crippen molar-refractivity contribution >= 4 is 33.3 Å². The molecule has 0 aliphatic carbocycles. The van der Waals surface area contributed by atoms with E-state index in [2.05, 4.69) is 22.5 Å². The smallest absolute Gasteiger partial charge is 0.129 e. The standard InChI is InChI=1S/C10H9BrOS/c1-5-3-4-7(11)9-8(5)6(2)10(12)13-9/h3-4,10,12H,2H2,1H3. The van der Waals surface area contributed by atoms with E-state index >= 15 is 0 Å². The molecule has 0 spiro atoms. The van der Waals surface area contributed by atoms with Crippen molar-refractivity contribution in [2.45, 2.75) is 17.3 Å². The molecule has 1 aliphatic rings. The largest absolute Gasteiger partial charge is 0.378 e. The van der Waals surface area contributed by atoms with Crippen molar-refractivity contribution in [1.82, 2.24) is 0 Å². The van der Waals surface area contributed by atoms with E-state index in [1.165, 1.54) is 17.3 Å². The Bertz CT molecular complexity index is 387. The highest BCUT2D eigenvalue weighted by molar-refractivity contribution is 9.10. The lowest BCUT2D eigenvalue weighted by Crippen LogP contribution is -1.95. The van der Waals surface area contributed by atoms with Gasteiger partial charge < -0.3 is 5.11 Å². The number of aliphatic hydroxyl groups excluding tert-OH is 1. The summed E-state index contributed by atoms with van der Waals surface area (Å²) in [5, 5.41) is 9.61. The number of aryl methyl sites for hydroxylation is 1. The Morgan fingerprint density at radius 3 is 2.85 bits per heavy atom. The van der Waals surface area contributed by atoms with Crippen LogP contribution >= 0.6 is 27.7 Å². The molecule has 0 fully saturated rings. The predicted octanol–water partition coefficient (Wildman–Crippen LogP) is 3.19. The van der Waals surface area contributed by atoms with Gasteiger partial charge in [-0.1, -0.05) is 24.4 Å². The van der Waals surface area contributed by atoms with Crippen LogP contribution in [0, 0.1) is 6.92 Å². The lowest BCUT2D eigenvalue weighted by molar-refractivity contribution is 0.320. The molecule has 2 rings (SSSR count). The van der Waals surface area contributed by atoms with E-state index < -0.39 is 5.44 Å². The number of aliphatic hydroxyl groups is 1. The number of rotatable bonds is 0. The van der Waals surface area contributed by atoms with Gasteiger partial charge in [0.15, 0.2) is 0 Å². The summed E-state index contributed by atoms with van der Waals surface area (Å²) in [4.78, 5) is 1.11. The van der Waals surface area contributed by atoms with Crippen LogP contribution in [-0.2, 0) is 0 Å². The molecule has 0 saturated heterocycles. The Balaban J connectivity index is 2.68. The third-order valence-corrected chi connectivity index (χ3v) is 4.26. The number of halogens is 1. The van der Waals surface area contributed by atoms with Crippen LogP contribution in [0.5, 0.6) is 0 Å². The third kappa shape index (κ3) is 1.35. The van der Waals surface area contributed by atoms with Crippen LogP contribution < -0.4 is 0 Å². The molecule has 0 bridgehead atoms. The first-order chi connectivity index (χ1) is 6.11. The van der Waals surface area contributed by atoms with Crippen LogP contribution in [0.25, 0.3) is 5.57 Å². The van der Waals surface area contributed by atoms with Crippen molar-refractivity contribution in [2.24, 2.45) is 0 Å². The Hall–Kier alpha value is -0.250. The summed E-state index contributed by atoms with van der Waals surface area (Å²) in [6, 6.07) is 4.04. The van der Waals surface area contributed by atoms with Gasteiger partial charge in [0.2, 0.25) is 0 Å². The second-order valence-electron chi connectivity index (χ2n) is 3.06. The fraction of sp³-hybridized carbons (Fsp3) is 0.200. The highest BCUT2D eigenvalue weighted by Gasteiger charge is 2.27. The Morgan fingerprint density at radius 2 is 2.23 bits per heavy atom. The maximum absolute atomic E-state index is 9.61. The molecule has 68 valence electrons. The van der Waals surface area contributed by atoms with Crippen molar-refractivity contribution in [3.8, 4) is 0 Å². The molecule has 1 nitrogen and oxygen atoms in total. The first kappa shape index (κ1) is 9.31. The van der Waals surface area contributed by atoms with E-state index in [9.17, 15) is 5.11 Å². The van der Waals surface area contributed by atoms with Crippen molar-refractivity contribution < 1.29 is 5.11 Å². The first-order valence-corrected chi connectivity index (χ1v) is 5.61. The van der Waals surface area contributed by atoms with Crippen LogP contribution in [0.4, 0.5) is 0 Å². The minimum absolute atomic E-state index is 0.479. The van der Waals surface area contributed by atoms with Crippen LogP contribution in [0.15, 0.2) is 28.1 Å². The highest BCUT2D eigenvalue weighted by Crippen LogP contribution is 2.47. The number of benzene rings is 1. The zero-order valence-electron chi connectivity index (χ0n) is 7.17. The Kier molecular flexibility index (Phi) is 2.26.